The van der Waals surface area contributed by atoms with Crippen molar-refractivity contribution in [3.63, 3.8) is 0 Å². The monoisotopic (exact) mass is 396 g/mol. The third-order valence-electron chi connectivity index (χ3n) is 1.02. The molecule has 1 rings (SSSR count). The Morgan fingerprint density at radius 1 is 1.27 bits per heavy atom. The second-order valence-electron chi connectivity index (χ2n) is 2.19. The van der Waals surface area contributed by atoms with E-state index in [1.807, 2.05) is 12.1 Å². The average molecular weight is 397 g/mol. The predicted octanol–water partition coefficient (Wildman–Crippen LogP) is 4.84. The zero-order valence-electron chi connectivity index (χ0n) is 6.97. The predicted molar refractivity (Wildman–Crippen MR) is 61.8 cm³/mol. The standard InChI is InChI=1S/C6H3BrIN2.BF4/c7-5-3-4(8)1-2-6(5)10-9;2-1(3,4)5/h1-3H;/q+1;-1. The fourth-order valence-corrected chi connectivity index (χ4v) is 1.94. The summed E-state index contributed by atoms with van der Waals surface area (Å²) in [6.07, 6.45) is 0. The Labute approximate surface area is 105 Å². The summed E-state index contributed by atoms with van der Waals surface area (Å²) in [4.78, 5) is 3.06. The van der Waals surface area contributed by atoms with Crippen LogP contribution in [0.2, 0.25) is 0 Å². The van der Waals surface area contributed by atoms with Crippen molar-refractivity contribution in [3.05, 3.63) is 31.2 Å². The Balaban J connectivity index is 0.000000336. The highest BCUT2D eigenvalue weighted by atomic mass is 127. The topological polar surface area (TPSA) is 28.1 Å². The highest BCUT2D eigenvalue weighted by Gasteiger charge is 2.20. The molecule has 0 saturated carbocycles. The molecule has 0 bridgehead atoms. The van der Waals surface area contributed by atoms with Gasteiger partial charge in [0.1, 0.15) is 4.47 Å². The van der Waals surface area contributed by atoms with Gasteiger partial charge in [0.15, 0.2) is 4.98 Å². The van der Waals surface area contributed by atoms with Gasteiger partial charge in [0, 0.05) is 9.64 Å². The van der Waals surface area contributed by atoms with Gasteiger partial charge in [0.05, 0.1) is 0 Å². The number of hydrogen-bond acceptors (Lipinski definition) is 1. The minimum absolute atomic E-state index is 0.556. The summed E-state index contributed by atoms with van der Waals surface area (Å²) in [6, 6.07) is 5.50. The molecule has 0 amide bonds. The number of nitrogens with zero attached hydrogens (tertiary/aromatic N) is 2. The van der Waals surface area contributed by atoms with Crippen molar-refractivity contribution < 1.29 is 17.3 Å². The van der Waals surface area contributed by atoms with Gasteiger partial charge in [-0.1, -0.05) is 0 Å². The van der Waals surface area contributed by atoms with Crippen LogP contribution in [-0.2, 0) is 0 Å². The van der Waals surface area contributed by atoms with Crippen molar-refractivity contribution in [1.82, 2.24) is 0 Å². The lowest BCUT2D eigenvalue weighted by Crippen LogP contribution is -2.02. The van der Waals surface area contributed by atoms with Gasteiger partial charge >= 0.3 is 12.9 Å². The van der Waals surface area contributed by atoms with E-state index >= 15 is 0 Å². The molecule has 0 aliphatic rings. The summed E-state index contributed by atoms with van der Waals surface area (Å²) in [5, 5.41) is 8.40. The van der Waals surface area contributed by atoms with E-state index in [9.17, 15) is 17.3 Å². The molecule has 1 aromatic carbocycles. The average Bonchev–Trinajstić information content (AvgIpc) is 2.01. The molecule has 0 N–H and O–H groups in total. The first-order valence-corrected chi connectivity index (χ1v) is 5.28. The molecule has 0 aliphatic carbocycles. The Morgan fingerprint density at radius 3 is 2.07 bits per heavy atom. The molecule has 0 aromatic heterocycles. The van der Waals surface area contributed by atoms with Crippen molar-refractivity contribution >= 4 is 51.5 Å². The molecule has 0 spiro atoms. The maximum Gasteiger partial charge on any atom is 0.673 e. The van der Waals surface area contributed by atoms with Crippen LogP contribution in [0.1, 0.15) is 0 Å². The molecule has 2 nitrogen and oxygen atoms in total. The normalized spacial score (nSPS) is 9.93. The zero-order valence-corrected chi connectivity index (χ0v) is 10.7. The van der Waals surface area contributed by atoms with E-state index in [1.165, 1.54) is 0 Å². The number of rotatable bonds is 0. The van der Waals surface area contributed by atoms with Crippen molar-refractivity contribution in [2.75, 3.05) is 0 Å². The first-order valence-electron chi connectivity index (χ1n) is 3.41. The van der Waals surface area contributed by atoms with Crippen LogP contribution < -0.4 is 0 Å². The van der Waals surface area contributed by atoms with E-state index in [0.717, 1.165) is 8.04 Å². The van der Waals surface area contributed by atoms with Gasteiger partial charge in [-0.25, -0.2) is 0 Å². The van der Waals surface area contributed by atoms with Gasteiger partial charge in [0.25, 0.3) is 0 Å². The molecule has 15 heavy (non-hydrogen) atoms. The molecule has 0 heterocycles. The first-order chi connectivity index (χ1) is 6.74. The van der Waals surface area contributed by atoms with E-state index in [2.05, 4.69) is 43.5 Å². The van der Waals surface area contributed by atoms with Crippen LogP contribution >= 0.6 is 38.5 Å². The van der Waals surface area contributed by atoms with Gasteiger partial charge in [-0.3, -0.25) is 0 Å². The van der Waals surface area contributed by atoms with Crippen molar-refractivity contribution in [3.8, 4) is 0 Å². The molecular formula is C6H3BBrF4IN2. The lowest BCUT2D eigenvalue weighted by atomic mass is 10.3. The number of benzene rings is 1. The lowest BCUT2D eigenvalue weighted by Gasteiger charge is -1.94. The molecule has 0 atom stereocenters. The minimum Gasteiger partial charge on any atom is -0.418 e. The molecule has 1 aromatic rings. The largest absolute Gasteiger partial charge is 0.673 e. The molecule has 0 saturated heterocycles. The van der Waals surface area contributed by atoms with Crippen LogP contribution in [0.3, 0.4) is 0 Å². The van der Waals surface area contributed by atoms with E-state index in [1.54, 1.807) is 6.07 Å². The Hall–Kier alpha value is -0.365. The second kappa shape index (κ2) is 6.27. The Kier molecular flexibility index (Phi) is 6.12. The molecule has 9 heteroatoms. The number of halogens is 6. The zero-order chi connectivity index (χ0) is 12.1. The minimum atomic E-state index is -6.00. The quantitative estimate of drug-likeness (QED) is 0.267. The number of hydrogen-bond donors (Lipinski definition) is 0. The fourth-order valence-electron chi connectivity index (χ4n) is 0.562. The SMILES string of the molecule is F[B-](F)(F)F.N#[N+]c1ccc(I)cc1Br. The van der Waals surface area contributed by atoms with Gasteiger partial charge in [0.2, 0.25) is 5.39 Å². The highest BCUT2D eigenvalue weighted by Crippen LogP contribution is 2.26. The van der Waals surface area contributed by atoms with Crippen LogP contribution in [0.5, 0.6) is 0 Å². The summed E-state index contributed by atoms with van der Waals surface area (Å²) in [5.41, 5.74) is 0.556. The summed E-state index contributed by atoms with van der Waals surface area (Å²) in [7, 11) is -6.00. The van der Waals surface area contributed by atoms with Gasteiger partial charge in [-0.15, -0.1) is 0 Å². The molecular weight excluding hydrogens is 394 g/mol. The maximum absolute atomic E-state index is 9.75. The van der Waals surface area contributed by atoms with E-state index in [0.29, 0.717) is 5.69 Å². The third kappa shape index (κ3) is 8.62. The van der Waals surface area contributed by atoms with Crippen molar-refractivity contribution in [2.24, 2.45) is 0 Å². The van der Waals surface area contributed by atoms with E-state index in [4.69, 9.17) is 5.39 Å². The Bertz CT molecular complexity index is 372. The summed E-state index contributed by atoms with van der Waals surface area (Å²) in [5.74, 6) is 0. The molecule has 0 radical (unpaired) electrons. The second-order valence-corrected chi connectivity index (χ2v) is 4.29. The van der Waals surface area contributed by atoms with Crippen LogP contribution in [0.4, 0.5) is 23.0 Å². The van der Waals surface area contributed by atoms with Crippen LogP contribution in [-0.4, -0.2) is 7.25 Å². The van der Waals surface area contributed by atoms with E-state index < -0.39 is 7.25 Å². The first kappa shape index (κ1) is 14.6. The molecule has 0 aliphatic heterocycles. The fraction of sp³-hybridized carbons (Fsp3) is 0. The van der Waals surface area contributed by atoms with E-state index in [-0.39, 0.29) is 0 Å². The number of diazo groups is 1. The summed E-state index contributed by atoms with van der Waals surface area (Å²) < 4.78 is 40.9. The van der Waals surface area contributed by atoms with Gasteiger partial charge < -0.3 is 17.3 Å². The van der Waals surface area contributed by atoms with Gasteiger partial charge in [-0.2, -0.15) is 0 Å². The maximum atomic E-state index is 9.75. The summed E-state index contributed by atoms with van der Waals surface area (Å²) >= 11 is 5.43. The smallest absolute Gasteiger partial charge is 0.418 e. The highest BCUT2D eigenvalue weighted by molar-refractivity contribution is 14.1. The third-order valence-corrected chi connectivity index (χ3v) is 2.32. The molecule has 0 fully saturated rings. The van der Waals surface area contributed by atoms with Crippen LogP contribution in [0.15, 0.2) is 22.7 Å². The van der Waals surface area contributed by atoms with Crippen molar-refractivity contribution in [1.29, 1.82) is 5.39 Å². The molecule has 82 valence electrons. The van der Waals surface area contributed by atoms with Crippen molar-refractivity contribution in [2.45, 2.75) is 0 Å². The molecule has 0 unspecified atom stereocenters. The summed E-state index contributed by atoms with van der Waals surface area (Å²) in [6.45, 7) is 0. The van der Waals surface area contributed by atoms with Crippen LogP contribution in [0, 0.1) is 8.96 Å². The van der Waals surface area contributed by atoms with Crippen LogP contribution in [0.25, 0.3) is 4.98 Å². The lowest BCUT2D eigenvalue weighted by molar-refractivity contribution is 0.368. The Morgan fingerprint density at radius 2 is 1.73 bits per heavy atom. The van der Waals surface area contributed by atoms with Gasteiger partial charge in [-0.05, 0) is 50.7 Å².